The Morgan fingerprint density at radius 3 is 1.27 bits per heavy atom. The van der Waals surface area contributed by atoms with Gasteiger partial charge in [-0.3, -0.25) is 0 Å². The Morgan fingerprint density at radius 1 is 0.299 bits per heavy atom. The summed E-state index contributed by atoms with van der Waals surface area (Å²) in [5.74, 6) is 0. The monoisotopic (exact) mass is 1010 g/mol. The van der Waals surface area contributed by atoms with Crippen molar-refractivity contribution >= 4 is 102 Å². The summed E-state index contributed by atoms with van der Waals surface area (Å²) in [7, 11) is 0. The molecule has 0 amide bonds. The van der Waals surface area contributed by atoms with Crippen molar-refractivity contribution in [1.82, 2.24) is 4.57 Å². The second-order valence-electron chi connectivity index (χ2n) is 20.3. The number of rotatable bonds is 8. The van der Waals surface area contributed by atoms with E-state index in [1.165, 1.54) is 112 Å². The number of fused-ring (bicyclic) bond motifs is 14. The minimum absolute atomic E-state index is 0.516. The van der Waals surface area contributed by atoms with Crippen molar-refractivity contribution in [3.05, 3.63) is 301 Å². The molecule has 77 heavy (non-hydrogen) atoms. The van der Waals surface area contributed by atoms with Gasteiger partial charge in [0.2, 0.25) is 0 Å². The van der Waals surface area contributed by atoms with E-state index in [0.29, 0.717) is 0 Å². The van der Waals surface area contributed by atoms with Crippen LogP contribution in [-0.2, 0) is 5.41 Å². The first-order valence-corrected chi connectivity index (χ1v) is 28.0. The summed E-state index contributed by atoms with van der Waals surface area (Å²) >= 11 is 3.78. The average molecular weight is 1020 g/mol. The lowest BCUT2D eigenvalue weighted by Gasteiger charge is -2.35. The van der Waals surface area contributed by atoms with Gasteiger partial charge >= 0.3 is 0 Å². The molecule has 0 N–H and O–H groups in total. The van der Waals surface area contributed by atoms with Crippen LogP contribution in [-0.4, -0.2) is 4.57 Å². The smallest absolute Gasteiger partial charge is 0.0714 e. The summed E-state index contributed by atoms with van der Waals surface area (Å²) in [6.45, 7) is 0. The van der Waals surface area contributed by atoms with Crippen LogP contribution in [0.15, 0.2) is 279 Å². The maximum absolute atomic E-state index is 2.50. The maximum Gasteiger partial charge on any atom is 0.0714 e. The minimum atomic E-state index is -0.516. The van der Waals surface area contributed by atoms with Crippen LogP contribution in [0.1, 0.15) is 22.3 Å². The van der Waals surface area contributed by atoms with E-state index in [-0.39, 0.29) is 0 Å². The molecule has 16 rings (SSSR count). The number of hydrogen-bond acceptors (Lipinski definition) is 3. The number of aromatic nitrogens is 1. The van der Waals surface area contributed by atoms with E-state index < -0.39 is 5.41 Å². The fourth-order valence-electron chi connectivity index (χ4n) is 13.0. The minimum Gasteiger partial charge on any atom is -0.310 e. The first-order chi connectivity index (χ1) is 38.2. The lowest BCUT2D eigenvalue weighted by Crippen LogP contribution is -2.28. The van der Waals surface area contributed by atoms with Crippen molar-refractivity contribution in [2.45, 2.75) is 5.41 Å². The molecular formula is C73H46N2S2. The van der Waals surface area contributed by atoms with Crippen molar-refractivity contribution in [2.24, 2.45) is 0 Å². The topological polar surface area (TPSA) is 8.17 Å². The number of thiophene rings is 2. The first kappa shape index (κ1) is 44.0. The molecule has 0 saturated carbocycles. The molecule has 0 bridgehead atoms. The van der Waals surface area contributed by atoms with Crippen LogP contribution in [0.3, 0.4) is 0 Å². The van der Waals surface area contributed by atoms with E-state index in [0.717, 1.165) is 28.3 Å². The van der Waals surface area contributed by atoms with E-state index in [1.807, 2.05) is 22.7 Å². The van der Waals surface area contributed by atoms with E-state index in [2.05, 4.69) is 289 Å². The molecule has 12 aromatic carbocycles. The predicted octanol–water partition coefficient (Wildman–Crippen LogP) is 20.7. The Kier molecular flexibility index (Phi) is 9.93. The number of nitrogens with zero attached hydrogens (tertiary/aromatic N) is 2. The van der Waals surface area contributed by atoms with Crippen LogP contribution in [0.5, 0.6) is 0 Å². The van der Waals surface area contributed by atoms with Crippen LogP contribution < -0.4 is 4.90 Å². The van der Waals surface area contributed by atoms with Gasteiger partial charge in [0, 0.05) is 73.9 Å². The molecule has 0 saturated heterocycles. The highest BCUT2D eigenvalue weighted by Gasteiger charge is 2.46. The third-order valence-corrected chi connectivity index (χ3v) is 18.6. The molecule has 0 atom stereocenters. The number of anilines is 3. The SMILES string of the molecule is c1ccc(-c2ccc(N(c3ccc(-c4ccc(-n5c6ccc7sc8ccccc8c7c6c6c7c(ccc65)sc5ccccc57)cc4)cc3)c3ccc4c(c3)C(c3ccccc3)(c3ccccc3)c3ccccc3-4)cc2)cc1. The number of benzene rings is 12. The molecule has 4 heteroatoms. The van der Waals surface area contributed by atoms with E-state index in [4.69, 9.17) is 0 Å². The summed E-state index contributed by atoms with van der Waals surface area (Å²) in [4.78, 5) is 2.43. The maximum atomic E-state index is 2.50. The van der Waals surface area contributed by atoms with Crippen LogP contribution in [0, 0.1) is 0 Å². The van der Waals surface area contributed by atoms with Crippen molar-refractivity contribution in [3.8, 4) is 39.1 Å². The average Bonchev–Trinajstić information content (AvgIpc) is 4.46. The van der Waals surface area contributed by atoms with Gasteiger partial charge in [0.15, 0.2) is 0 Å². The zero-order valence-corrected chi connectivity index (χ0v) is 43.4. The third kappa shape index (κ3) is 6.66. The quantitative estimate of drug-likeness (QED) is 0.147. The largest absolute Gasteiger partial charge is 0.310 e. The standard InChI is InChI=1S/C73H46N2S2/c1-4-16-47(17-5-1)48-28-34-53(35-29-48)74(56-40-41-58-57-22-10-13-25-61(57)73(62(58)46-56,51-18-6-2-7-19-51)52-20-8-3-9-21-52)54-36-30-49(31-37-54)50-32-38-55(39-33-50)75-63-42-44-67-69(59-23-11-14-26-65(59)76-67)71(63)72-64(75)43-45-68-70(72)60-24-12-15-27-66(60)77-68/h1-46H. The molecule has 360 valence electrons. The second kappa shape index (κ2) is 17.4. The zero-order chi connectivity index (χ0) is 50.6. The fraction of sp³-hybridized carbons (Fsp3) is 0.0137. The van der Waals surface area contributed by atoms with Crippen LogP contribution in [0.25, 0.3) is 101 Å². The summed E-state index contributed by atoms with van der Waals surface area (Å²) in [6.07, 6.45) is 0. The fourth-order valence-corrected chi connectivity index (χ4v) is 15.2. The first-order valence-electron chi connectivity index (χ1n) is 26.4. The molecule has 0 unspecified atom stereocenters. The van der Waals surface area contributed by atoms with E-state index in [9.17, 15) is 0 Å². The van der Waals surface area contributed by atoms with Gasteiger partial charge in [0.05, 0.1) is 16.4 Å². The van der Waals surface area contributed by atoms with E-state index in [1.54, 1.807) is 0 Å². The Bertz CT molecular complexity index is 4590. The van der Waals surface area contributed by atoms with Gasteiger partial charge in [-0.1, -0.05) is 194 Å². The highest BCUT2D eigenvalue weighted by atomic mass is 32.1. The molecule has 1 aliphatic rings. The molecule has 2 nitrogen and oxygen atoms in total. The normalized spacial score (nSPS) is 12.8. The third-order valence-electron chi connectivity index (χ3n) is 16.3. The molecule has 0 radical (unpaired) electrons. The van der Waals surface area contributed by atoms with Crippen LogP contribution >= 0.6 is 22.7 Å². The van der Waals surface area contributed by atoms with Gasteiger partial charge < -0.3 is 9.47 Å². The van der Waals surface area contributed by atoms with Crippen LogP contribution in [0.4, 0.5) is 17.1 Å². The Labute approximate surface area is 454 Å². The Morgan fingerprint density at radius 2 is 0.727 bits per heavy atom. The predicted molar refractivity (Wildman–Crippen MR) is 329 cm³/mol. The van der Waals surface area contributed by atoms with Crippen molar-refractivity contribution < 1.29 is 0 Å². The summed E-state index contributed by atoms with van der Waals surface area (Å²) in [5, 5.41) is 8.02. The highest BCUT2D eigenvalue weighted by molar-refractivity contribution is 7.26. The van der Waals surface area contributed by atoms with Crippen molar-refractivity contribution in [1.29, 1.82) is 0 Å². The zero-order valence-electron chi connectivity index (χ0n) is 41.8. The molecule has 0 fully saturated rings. The Hall–Kier alpha value is -9.32. The molecule has 0 spiro atoms. The summed E-state index contributed by atoms with van der Waals surface area (Å²) in [6, 6.07) is 104. The molecule has 1 aliphatic carbocycles. The summed E-state index contributed by atoms with van der Waals surface area (Å²) in [5.41, 5.74) is 18.7. The van der Waals surface area contributed by atoms with E-state index >= 15 is 0 Å². The van der Waals surface area contributed by atoms with Gasteiger partial charge in [-0.25, -0.2) is 0 Å². The summed E-state index contributed by atoms with van der Waals surface area (Å²) < 4.78 is 7.79. The second-order valence-corrected chi connectivity index (χ2v) is 22.5. The molecule has 3 aromatic heterocycles. The number of hydrogen-bond donors (Lipinski definition) is 0. The lowest BCUT2D eigenvalue weighted by atomic mass is 9.67. The van der Waals surface area contributed by atoms with Crippen molar-refractivity contribution in [2.75, 3.05) is 4.90 Å². The lowest BCUT2D eigenvalue weighted by molar-refractivity contribution is 0.768. The van der Waals surface area contributed by atoms with Gasteiger partial charge in [-0.05, 0) is 141 Å². The van der Waals surface area contributed by atoms with Gasteiger partial charge in [0.25, 0.3) is 0 Å². The van der Waals surface area contributed by atoms with Gasteiger partial charge in [-0.15, -0.1) is 22.7 Å². The molecule has 3 heterocycles. The van der Waals surface area contributed by atoms with Crippen molar-refractivity contribution in [3.63, 3.8) is 0 Å². The molecular weight excluding hydrogens is 969 g/mol. The molecule has 15 aromatic rings. The highest BCUT2D eigenvalue weighted by Crippen LogP contribution is 2.57. The van der Waals surface area contributed by atoms with Crippen LogP contribution in [0.2, 0.25) is 0 Å². The molecule has 0 aliphatic heterocycles. The Balaban J connectivity index is 0.828. The van der Waals surface area contributed by atoms with Gasteiger partial charge in [0.1, 0.15) is 0 Å². The van der Waals surface area contributed by atoms with Gasteiger partial charge in [-0.2, -0.15) is 0 Å².